The van der Waals surface area contributed by atoms with E-state index < -0.39 is 40.8 Å². The summed E-state index contributed by atoms with van der Waals surface area (Å²) in [7, 11) is 0. The summed E-state index contributed by atoms with van der Waals surface area (Å²) in [6.45, 7) is 1.71. The number of alkyl halides is 3. The predicted molar refractivity (Wildman–Crippen MR) is 105 cm³/mol. The van der Waals surface area contributed by atoms with Crippen molar-refractivity contribution in [1.29, 1.82) is 0 Å². The normalized spacial score (nSPS) is 11.8. The van der Waals surface area contributed by atoms with Crippen molar-refractivity contribution in [1.82, 2.24) is 19.5 Å². The van der Waals surface area contributed by atoms with E-state index in [-0.39, 0.29) is 34.9 Å². The minimum atomic E-state index is -4.53. The van der Waals surface area contributed by atoms with E-state index >= 15 is 0 Å². The van der Waals surface area contributed by atoms with E-state index in [0.717, 1.165) is 30.3 Å². The number of nitrogen functional groups attached to an aromatic ring is 1. The molecule has 0 saturated heterocycles. The summed E-state index contributed by atoms with van der Waals surface area (Å²) in [6, 6.07) is 5.52. The predicted octanol–water partition coefficient (Wildman–Crippen LogP) is 5.14. The van der Waals surface area contributed by atoms with Gasteiger partial charge in [-0.05, 0) is 24.3 Å². The summed E-state index contributed by atoms with van der Waals surface area (Å²) in [5.74, 6) is -3.78. The van der Waals surface area contributed by atoms with Crippen LogP contribution in [0.3, 0.4) is 0 Å². The summed E-state index contributed by atoms with van der Waals surface area (Å²) in [5, 5.41) is 2.55. The molecule has 2 aromatic carbocycles. The Hall–Kier alpha value is -3.83. The van der Waals surface area contributed by atoms with E-state index in [9.17, 15) is 26.3 Å². The molecule has 3 N–H and O–H groups in total. The fraction of sp³-hybridized carbons (Fsp3) is 0.150. The zero-order valence-corrected chi connectivity index (χ0v) is 16.3. The quantitative estimate of drug-likeness (QED) is 0.419. The first-order valence-corrected chi connectivity index (χ1v) is 9.22. The lowest BCUT2D eigenvalue weighted by atomic mass is 10.2. The van der Waals surface area contributed by atoms with Gasteiger partial charge in [0, 0.05) is 24.2 Å². The molecule has 0 spiro atoms. The standard InChI is InChI=1S/C20H14F6N6/c1-2-14-29-16-12(22)7-10(21)8-13(16)32(14)19-30-17(27)15(23)18(31-19)28-11-5-3-9(4-6-11)20(24,25)26/h3-8H,2H2,1H3,(H3,27,28,30,31). The minimum Gasteiger partial charge on any atom is -0.381 e. The molecule has 0 saturated carbocycles. The first kappa shape index (κ1) is 21.4. The smallest absolute Gasteiger partial charge is 0.381 e. The van der Waals surface area contributed by atoms with Gasteiger partial charge in [0.15, 0.2) is 17.5 Å². The summed E-state index contributed by atoms with van der Waals surface area (Å²) in [5.41, 5.74) is 4.75. The molecule has 0 aliphatic heterocycles. The van der Waals surface area contributed by atoms with E-state index in [4.69, 9.17) is 5.73 Å². The van der Waals surface area contributed by atoms with Crippen LogP contribution in [0.15, 0.2) is 36.4 Å². The largest absolute Gasteiger partial charge is 0.416 e. The molecule has 6 nitrogen and oxygen atoms in total. The fourth-order valence-electron chi connectivity index (χ4n) is 3.13. The molecule has 0 aliphatic carbocycles. The van der Waals surface area contributed by atoms with Gasteiger partial charge in [-0.2, -0.15) is 27.5 Å². The second kappa shape index (κ2) is 7.70. The maximum atomic E-state index is 14.6. The second-order valence-corrected chi connectivity index (χ2v) is 6.74. The maximum Gasteiger partial charge on any atom is 0.416 e. The second-order valence-electron chi connectivity index (χ2n) is 6.74. The molecule has 0 fully saturated rings. The van der Waals surface area contributed by atoms with Gasteiger partial charge in [0.2, 0.25) is 11.8 Å². The molecule has 32 heavy (non-hydrogen) atoms. The van der Waals surface area contributed by atoms with Crippen LogP contribution < -0.4 is 11.1 Å². The molecule has 166 valence electrons. The van der Waals surface area contributed by atoms with E-state index in [1.54, 1.807) is 6.92 Å². The van der Waals surface area contributed by atoms with Gasteiger partial charge < -0.3 is 11.1 Å². The van der Waals surface area contributed by atoms with Crippen molar-refractivity contribution in [2.45, 2.75) is 19.5 Å². The number of nitrogens with zero attached hydrogens (tertiary/aromatic N) is 4. The number of hydrogen-bond acceptors (Lipinski definition) is 5. The van der Waals surface area contributed by atoms with Gasteiger partial charge in [0.05, 0.1) is 11.1 Å². The lowest BCUT2D eigenvalue weighted by Gasteiger charge is -2.13. The van der Waals surface area contributed by atoms with Gasteiger partial charge in [0.1, 0.15) is 17.2 Å². The molecular formula is C20H14F6N6. The third-order valence-electron chi connectivity index (χ3n) is 4.60. The van der Waals surface area contributed by atoms with Gasteiger partial charge in [-0.1, -0.05) is 6.92 Å². The Morgan fingerprint density at radius 3 is 2.31 bits per heavy atom. The number of hydrogen-bond donors (Lipinski definition) is 2. The Kier molecular flexibility index (Phi) is 5.15. The molecule has 0 bridgehead atoms. The van der Waals surface area contributed by atoms with Crippen molar-refractivity contribution in [3.63, 3.8) is 0 Å². The molecule has 0 radical (unpaired) electrons. The van der Waals surface area contributed by atoms with Crippen LogP contribution in [0.2, 0.25) is 0 Å². The minimum absolute atomic E-state index is 0.00541. The number of halogens is 6. The Morgan fingerprint density at radius 2 is 1.69 bits per heavy atom. The summed E-state index contributed by atoms with van der Waals surface area (Å²) in [4.78, 5) is 12.0. The van der Waals surface area contributed by atoms with E-state index in [1.807, 2.05) is 0 Å². The lowest BCUT2D eigenvalue weighted by Crippen LogP contribution is -2.12. The highest BCUT2D eigenvalue weighted by atomic mass is 19.4. The zero-order valence-electron chi connectivity index (χ0n) is 16.3. The first-order valence-electron chi connectivity index (χ1n) is 9.22. The highest BCUT2D eigenvalue weighted by Crippen LogP contribution is 2.31. The topological polar surface area (TPSA) is 81.7 Å². The van der Waals surface area contributed by atoms with Gasteiger partial charge in [-0.3, -0.25) is 4.57 Å². The zero-order chi connectivity index (χ0) is 23.2. The van der Waals surface area contributed by atoms with E-state index in [1.165, 1.54) is 4.57 Å². The van der Waals surface area contributed by atoms with Crippen LogP contribution in [0.4, 0.5) is 43.7 Å². The van der Waals surface area contributed by atoms with Crippen molar-refractivity contribution in [3.05, 3.63) is 65.2 Å². The Balaban J connectivity index is 1.82. The molecule has 0 amide bonds. The van der Waals surface area contributed by atoms with Crippen LogP contribution >= 0.6 is 0 Å². The molecule has 0 unspecified atom stereocenters. The average molecular weight is 452 g/mol. The number of aryl methyl sites for hydroxylation is 1. The van der Waals surface area contributed by atoms with Crippen LogP contribution in [0.1, 0.15) is 18.3 Å². The molecule has 0 atom stereocenters. The highest BCUT2D eigenvalue weighted by Gasteiger charge is 2.30. The molecule has 4 aromatic rings. The average Bonchev–Trinajstić information content (AvgIpc) is 3.10. The first-order chi connectivity index (χ1) is 15.1. The van der Waals surface area contributed by atoms with E-state index in [0.29, 0.717) is 6.07 Å². The van der Waals surface area contributed by atoms with Gasteiger partial charge in [0.25, 0.3) is 0 Å². The van der Waals surface area contributed by atoms with Crippen LogP contribution in [0, 0.1) is 17.5 Å². The van der Waals surface area contributed by atoms with Gasteiger partial charge in [-0.15, -0.1) is 0 Å². The lowest BCUT2D eigenvalue weighted by molar-refractivity contribution is -0.137. The van der Waals surface area contributed by atoms with Crippen molar-refractivity contribution in [2.75, 3.05) is 11.1 Å². The monoisotopic (exact) mass is 452 g/mol. The number of nitrogens with one attached hydrogen (secondary N) is 1. The molecule has 2 aromatic heterocycles. The highest BCUT2D eigenvalue weighted by molar-refractivity contribution is 5.78. The number of anilines is 3. The molecule has 2 heterocycles. The number of imidazole rings is 1. The van der Waals surface area contributed by atoms with Crippen LogP contribution in [-0.2, 0) is 12.6 Å². The Labute approximate surface area is 176 Å². The molecule has 12 heteroatoms. The Morgan fingerprint density at radius 1 is 1.00 bits per heavy atom. The third-order valence-corrected chi connectivity index (χ3v) is 4.60. The van der Waals surface area contributed by atoms with Crippen molar-refractivity contribution in [2.24, 2.45) is 0 Å². The fourth-order valence-corrected chi connectivity index (χ4v) is 3.13. The summed E-state index contributed by atoms with van der Waals surface area (Å²) >= 11 is 0. The number of fused-ring (bicyclic) bond motifs is 1. The van der Waals surface area contributed by atoms with Crippen LogP contribution in [-0.4, -0.2) is 19.5 Å². The number of aromatic nitrogens is 4. The SMILES string of the molecule is CCc1nc2c(F)cc(F)cc2n1-c1nc(N)c(F)c(Nc2ccc(C(F)(F)F)cc2)n1. The van der Waals surface area contributed by atoms with Gasteiger partial charge >= 0.3 is 6.18 Å². The maximum absolute atomic E-state index is 14.6. The molecule has 0 aliphatic rings. The van der Waals surface area contributed by atoms with Crippen molar-refractivity contribution < 1.29 is 26.3 Å². The van der Waals surface area contributed by atoms with Gasteiger partial charge in [-0.25, -0.2) is 13.8 Å². The molecule has 4 rings (SSSR count). The van der Waals surface area contributed by atoms with Crippen LogP contribution in [0.25, 0.3) is 17.0 Å². The molecular weight excluding hydrogens is 438 g/mol. The number of nitrogens with two attached hydrogens (primary N) is 1. The van der Waals surface area contributed by atoms with Crippen LogP contribution in [0.5, 0.6) is 0 Å². The number of benzene rings is 2. The summed E-state index contributed by atoms with van der Waals surface area (Å²) < 4.78 is 82.1. The summed E-state index contributed by atoms with van der Waals surface area (Å²) in [6.07, 6.45) is -4.25. The van der Waals surface area contributed by atoms with E-state index in [2.05, 4.69) is 20.3 Å². The number of rotatable bonds is 4. The van der Waals surface area contributed by atoms with Crippen molar-refractivity contribution >= 4 is 28.4 Å². The van der Waals surface area contributed by atoms with Crippen molar-refractivity contribution in [3.8, 4) is 5.95 Å². The Bertz CT molecular complexity index is 1310. The third kappa shape index (κ3) is 3.79.